The maximum atomic E-state index is 12.1. The molecule has 8 heteroatoms. The zero-order valence-corrected chi connectivity index (χ0v) is 19.8. The van der Waals surface area contributed by atoms with Gasteiger partial charge in [-0.05, 0) is 53.7 Å². The molecule has 0 saturated heterocycles. The summed E-state index contributed by atoms with van der Waals surface area (Å²) in [5, 5.41) is 7.90. The summed E-state index contributed by atoms with van der Waals surface area (Å²) in [6, 6.07) is 21.3. The Hall–Kier alpha value is -2.77. The molecule has 1 amide bonds. The third-order valence-electron chi connectivity index (χ3n) is 4.56. The zero-order chi connectivity index (χ0) is 22.5. The summed E-state index contributed by atoms with van der Waals surface area (Å²) in [4.78, 5) is 16.8. The Bertz CT molecular complexity index is 1280. The van der Waals surface area contributed by atoms with E-state index >= 15 is 0 Å². The number of thiocarbonyl (C=S) groups is 1. The van der Waals surface area contributed by atoms with E-state index in [1.807, 2.05) is 42.5 Å². The largest absolute Gasteiger partial charge is 0.358 e. The van der Waals surface area contributed by atoms with Gasteiger partial charge in [0.05, 0.1) is 10.2 Å². The molecule has 2 N–H and O–H groups in total. The van der Waals surface area contributed by atoms with Crippen LogP contribution in [0.4, 0.5) is 0 Å². The molecule has 0 aliphatic heterocycles. The van der Waals surface area contributed by atoms with Gasteiger partial charge in [-0.3, -0.25) is 10.1 Å². The molecule has 0 saturated carbocycles. The fourth-order valence-corrected chi connectivity index (χ4v) is 4.56. The van der Waals surface area contributed by atoms with Gasteiger partial charge in [0, 0.05) is 28.2 Å². The highest BCUT2D eigenvalue weighted by Crippen LogP contribution is 2.30. The maximum absolute atomic E-state index is 12.1. The number of carbonyl (C=O) groups excluding carboxylic acids is 1. The molecule has 160 valence electrons. The highest BCUT2D eigenvalue weighted by Gasteiger charge is 2.07. The molecule has 0 bridgehead atoms. The fraction of sp³-hybridized carbons (Fsp3) is 0.0417. The van der Waals surface area contributed by atoms with E-state index in [0.717, 1.165) is 21.7 Å². The first kappa shape index (κ1) is 22.4. The first-order valence-corrected chi connectivity index (χ1v) is 11.6. The van der Waals surface area contributed by atoms with E-state index in [1.165, 1.54) is 10.8 Å². The maximum Gasteiger partial charge on any atom is 0.250 e. The van der Waals surface area contributed by atoms with Gasteiger partial charge in [0.1, 0.15) is 5.01 Å². The van der Waals surface area contributed by atoms with E-state index < -0.39 is 0 Å². The molecule has 4 rings (SSSR count). The van der Waals surface area contributed by atoms with Crippen LogP contribution >= 0.6 is 46.8 Å². The predicted octanol–water partition coefficient (Wildman–Crippen LogP) is 6.47. The van der Waals surface area contributed by atoms with Gasteiger partial charge in [0.25, 0.3) is 0 Å². The van der Waals surface area contributed by atoms with Gasteiger partial charge in [-0.25, -0.2) is 4.98 Å². The quantitative estimate of drug-likeness (QED) is 0.245. The third-order valence-corrected chi connectivity index (χ3v) is 6.46. The molecule has 4 aromatic rings. The van der Waals surface area contributed by atoms with Gasteiger partial charge >= 0.3 is 0 Å². The summed E-state index contributed by atoms with van der Waals surface area (Å²) < 4.78 is 1.17. The Morgan fingerprint density at radius 3 is 2.59 bits per heavy atom. The van der Waals surface area contributed by atoms with Crippen molar-refractivity contribution in [2.24, 2.45) is 0 Å². The summed E-state index contributed by atoms with van der Waals surface area (Å²) in [6.45, 7) is 0.492. The standard InChI is InChI=1S/C24H17Cl2N3OS2/c25-18-11-9-16(19(26)13-18)10-12-22(30)29-24(31)27-14-15-5-7-17(8-6-15)23-28-20-3-1-2-4-21(20)32-23/h1-13H,14H2,(H2,27,29,30,31)/b12-10+. The molecular weight excluding hydrogens is 481 g/mol. The van der Waals surface area contributed by atoms with Crippen LogP contribution in [0.3, 0.4) is 0 Å². The minimum absolute atomic E-state index is 0.247. The molecule has 4 nitrogen and oxygen atoms in total. The summed E-state index contributed by atoms with van der Waals surface area (Å²) in [7, 11) is 0. The normalized spacial score (nSPS) is 11.1. The first-order chi connectivity index (χ1) is 15.5. The number of para-hydroxylation sites is 1. The van der Waals surface area contributed by atoms with Crippen LogP contribution in [-0.2, 0) is 11.3 Å². The number of amides is 1. The van der Waals surface area contributed by atoms with Crippen LogP contribution in [0, 0.1) is 0 Å². The van der Waals surface area contributed by atoms with Gasteiger partial charge in [-0.1, -0.05) is 65.7 Å². The van der Waals surface area contributed by atoms with Crippen molar-refractivity contribution >= 4 is 74.1 Å². The number of nitrogens with one attached hydrogen (secondary N) is 2. The molecule has 0 fully saturated rings. The Kier molecular flexibility index (Phi) is 7.17. The Morgan fingerprint density at radius 1 is 1.06 bits per heavy atom. The summed E-state index contributed by atoms with van der Waals surface area (Å²) >= 11 is 18.9. The first-order valence-electron chi connectivity index (χ1n) is 9.65. The lowest BCUT2D eigenvalue weighted by atomic mass is 10.1. The van der Waals surface area contributed by atoms with Crippen molar-refractivity contribution in [1.29, 1.82) is 0 Å². The Morgan fingerprint density at radius 2 is 1.84 bits per heavy atom. The van der Waals surface area contributed by atoms with Crippen LogP contribution in [0.15, 0.2) is 72.8 Å². The van der Waals surface area contributed by atoms with Crippen LogP contribution in [0.25, 0.3) is 26.9 Å². The topological polar surface area (TPSA) is 54.0 Å². The lowest BCUT2D eigenvalue weighted by Crippen LogP contribution is -2.37. The van der Waals surface area contributed by atoms with Gasteiger partial charge < -0.3 is 5.32 Å². The van der Waals surface area contributed by atoms with Crippen LogP contribution in [0.2, 0.25) is 10.0 Å². The zero-order valence-electron chi connectivity index (χ0n) is 16.6. The van der Waals surface area contributed by atoms with Crippen LogP contribution in [0.1, 0.15) is 11.1 Å². The second kappa shape index (κ2) is 10.2. The van der Waals surface area contributed by atoms with Crippen molar-refractivity contribution in [3.8, 4) is 10.6 Å². The average molecular weight is 498 g/mol. The smallest absolute Gasteiger partial charge is 0.250 e. The molecule has 1 heterocycles. The van der Waals surface area contributed by atoms with E-state index in [-0.39, 0.29) is 11.0 Å². The summed E-state index contributed by atoms with van der Waals surface area (Å²) in [5.41, 5.74) is 3.80. The monoisotopic (exact) mass is 497 g/mol. The third kappa shape index (κ3) is 5.72. The number of nitrogens with zero attached hydrogens (tertiary/aromatic N) is 1. The highest BCUT2D eigenvalue weighted by molar-refractivity contribution is 7.80. The van der Waals surface area contributed by atoms with Gasteiger partial charge in [-0.2, -0.15) is 0 Å². The van der Waals surface area contributed by atoms with Crippen LogP contribution in [0.5, 0.6) is 0 Å². The molecule has 0 unspecified atom stereocenters. The lowest BCUT2D eigenvalue weighted by molar-refractivity contribution is -0.115. The minimum Gasteiger partial charge on any atom is -0.358 e. The van der Waals surface area contributed by atoms with Crippen molar-refractivity contribution in [2.75, 3.05) is 0 Å². The van der Waals surface area contributed by atoms with Gasteiger partial charge in [0.2, 0.25) is 5.91 Å². The van der Waals surface area contributed by atoms with E-state index in [2.05, 4.69) is 21.7 Å². The molecule has 3 aromatic carbocycles. The Labute approximate surface area is 204 Å². The minimum atomic E-state index is -0.347. The predicted molar refractivity (Wildman–Crippen MR) is 138 cm³/mol. The van der Waals surface area contributed by atoms with E-state index in [0.29, 0.717) is 22.2 Å². The van der Waals surface area contributed by atoms with E-state index in [9.17, 15) is 4.79 Å². The van der Waals surface area contributed by atoms with Crippen molar-refractivity contribution in [3.63, 3.8) is 0 Å². The highest BCUT2D eigenvalue weighted by atomic mass is 35.5. The van der Waals surface area contributed by atoms with Crippen molar-refractivity contribution in [3.05, 3.63) is 94.0 Å². The number of hydrogen-bond donors (Lipinski definition) is 2. The van der Waals surface area contributed by atoms with Gasteiger partial charge in [-0.15, -0.1) is 11.3 Å². The number of halogens is 2. The number of fused-ring (bicyclic) bond motifs is 1. The van der Waals surface area contributed by atoms with Crippen LogP contribution < -0.4 is 10.6 Å². The Balaban J connectivity index is 1.29. The van der Waals surface area contributed by atoms with Crippen LogP contribution in [-0.4, -0.2) is 16.0 Å². The SMILES string of the molecule is O=C(/C=C/c1ccc(Cl)cc1Cl)NC(=S)NCc1ccc(-c2nc3ccccc3s2)cc1. The molecule has 32 heavy (non-hydrogen) atoms. The number of thiazole rings is 1. The molecular formula is C24H17Cl2N3OS2. The molecule has 0 spiro atoms. The molecule has 0 aliphatic carbocycles. The molecule has 0 radical (unpaired) electrons. The lowest BCUT2D eigenvalue weighted by Gasteiger charge is -2.08. The average Bonchev–Trinajstić information content (AvgIpc) is 3.22. The number of hydrogen-bond acceptors (Lipinski definition) is 4. The number of benzene rings is 3. The van der Waals surface area contributed by atoms with E-state index in [1.54, 1.807) is 35.6 Å². The fourth-order valence-electron chi connectivity index (χ4n) is 2.94. The van der Waals surface area contributed by atoms with Crippen molar-refractivity contribution < 1.29 is 4.79 Å². The molecule has 0 aliphatic rings. The van der Waals surface area contributed by atoms with Crippen molar-refractivity contribution in [2.45, 2.75) is 6.54 Å². The molecule has 1 aromatic heterocycles. The van der Waals surface area contributed by atoms with Crippen molar-refractivity contribution in [1.82, 2.24) is 15.6 Å². The second-order valence-corrected chi connectivity index (χ2v) is 9.14. The second-order valence-electron chi connectivity index (χ2n) is 6.85. The number of carbonyl (C=O) groups is 1. The van der Waals surface area contributed by atoms with Gasteiger partial charge in [0.15, 0.2) is 5.11 Å². The number of rotatable bonds is 5. The summed E-state index contributed by atoms with van der Waals surface area (Å²) in [5.74, 6) is -0.347. The van der Waals surface area contributed by atoms with E-state index in [4.69, 9.17) is 35.4 Å². The molecule has 0 atom stereocenters. The summed E-state index contributed by atoms with van der Waals surface area (Å²) in [6.07, 6.45) is 2.98. The number of aromatic nitrogens is 1.